The van der Waals surface area contributed by atoms with Crippen molar-refractivity contribution in [3.8, 4) is 0 Å². The van der Waals surface area contributed by atoms with Crippen LogP contribution in [-0.4, -0.2) is 107 Å². The highest BCUT2D eigenvalue weighted by Gasteiger charge is 2.48. The van der Waals surface area contributed by atoms with Gasteiger partial charge in [-0.2, -0.15) is 8.42 Å². The third kappa shape index (κ3) is 28.9. The normalized spacial score (nSPS) is 21.5. The lowest BCUT2D eigenvalue weighted by Crippen LogP contribution is -2.61. The number of carbonyl (C=O) groups excluding carboxylic acids is 1. The molecule has 1 fully saturated rings. The van der Waals surface area contributed by atoms with Crippen LogP contribution in [0.15, 0.2) is 12.2 Å². The van der Waals surface area contributed by atoms with Gasteiger partial charge in [-0.1, -0.05) is 199 Å². The molecule has 1 aliphatic heterocycles. The molecule has 1 saturated heterocycles. The van der Waals surface area contributed by atoms with E-state index in [9.17, 15) is 43.3 Å². The Morgan fingerprint density at radius 3 is 1.53 bits per heavy atom. The first kappa shape index (κ1) is 55.8. The summed E-state index contributed by atoms with van der Waals surface area (Å²) in [5, 5.41) is 55.1. The van der Waals surface area contributed by atoms with Crippen LogP contribution < -0.4 is 5.32 Å². The van der Waals surface area contributed by atoms with Crippen LogP contribution in [0.4, 0.5) is 0 Å². The van der Waals surface area contributed by atoms with E-state index in [2.05, 4.69) is 23.3 Å². The van der Waals surface area contributed by atoms with Crippen molar-refractivity contribution < 1.29 is 57.0 Å². The highest BCUT2D eigenvalue weighted by Crippen LogP contribution is 2.26. The van der Waals surface area contributed by atoms with Crippen molar-refractivity contribution in [2.24, 2.45) is 0 Å². The van der Waals surface area contributed by atoms with Crippen LogP contribution in [-0.2, 0) is 28.9 Å². The van der Waals surface area contributed by atoms with Crippen molar-refractivity contribution in [1.29, 1.82) is 0 Å². The van der Waals surface area contributed by atoms with Gasteiger partial charge in [0.1, 0.15) is 30.5 Å². The van der Waals surface area contributed by atoms with Crippen molar-refractivity contribution in [2.75, 3.05) is 13.2 Å². The van der Waals surface area contributed by atoms with Gasteiger partial charge in [-0.05, 0) is 19.3 Å². The topological polar surface area (TPSA) is 212 Å². The highest BCUT2D eigenvalue weighted by molar-refractivity contribution is 7.80. The number of allylic oxidation sites excluding steroid dienone is 1. The van der Waals surface area contributed by atoms with Crippen LogP contribution in [0, 0.1) is 0 Å². The fourth-order valence-electron chi connectivity index (χ4n) is 7.64. The van der Waals surface area contributed by atoms with E-state index in [0.29, 0.717) is 12.8 Å². The molecule has 13 nitrogen and oxygen atoms in total. The number of hydrogen-bond donors (Lipinski definition) is 7. The number of carbonyl (C=O) groups is 1. The van der Waals surface area contributed by atoms with Gasteiger partial charge < -0.3 is 40.3 Å². The minimum atomic E-state index is -5.11. The summed E-state index contributed by atoms with van der Waals surface area (Å²) >= 11 is 0. The zero-order valence-corrected chi connectivity index (χ0v) is 37.8. The summed E-state index contributed by atoms with van der Waals surface area (Å²) in [7, 11) is -5.11. The summed E-state index contributed by atoms with van der Waals surface area (Å²) in [4.78, 5) is 13.1. The average Bonchev–Trinajstić information content (AvgIpc) is 3.20. The van der Waals surface area contributed by atoms with Gasteiger partial charge in [0, 0.05) is 0 Å². The second-order valence-electron chi connectivity index (χ2n) is 16.8. The van der Waals surface area contributed by atoms with Gasteiger partial charge in [-0.25, -0.2) is 4.18 Å². The van der Waals surface area contributed by atoms with Gasteiger partial charge >= 0.3 is 10.4 Å². The molecule has 0 aromatic heterocycles. The third-order valence-electron chi connectivity index (χ3n) is 11.4. The third-order valence-corrected chi connectivity index (χ3v) is 11.9. The zero-order chi connectivity index (χ0) is 43.6. The monoisotopic (exact) mass is 866 g/mol. The Morgan fingerprint density at radius 1 is 0.678 bits per heavy atom. The molecular formula is C45H87NO12S. The molecule has 14 heteroatoms. The molecule has 0 spiro atoms. The molecule has 7 N–H and O–H groups in total. The molecule has 1 rings (SSSR count). The molecular weight excluding hydrogens is 779 g/mol. The van der Waals surface area contributed by atoms with Crippen molar-refractivity contribution in [3.63, 3.8) is 0 Å². The van der Waals surface area contributed by atoms with Crippen LogP contribution in [0.2, 0.25) is 0 Å². The molecule has 0 aromatic carbocycles. The maximum Gasteiger partial charge on any atom is 0.397 e. The van der Waals surface area contributed by atoms with E-state index in [1.54, 1.807) is 6.08 Å². The van der Waals surface area contributed by atoms with E-state index < -0.39 is 78.5 Å². The van der Waals surface area contributed by atoms with Crippen LogP contribution in [0.1, 0.15) is 206 Å². The molecule has 350 valence electrons. The van der Waals surface area contributed by atoms with Crippen molar-refractivity contribution in [1.82, 2.24) is 5.32 Å². The molecule has 59 heavy (non-hydrogen) atoms. The van der Waals surface area contributed by atoms with E-state index in [1.165, 1.54) is 135 Å². The van der Waals surface area contributed by atoms with Crippen molar-refractivity contribution >= 4 is 16.3 Å². The molecule has 0 aliphatic carbocycles. The minimum Gasteiger partial charge on any atom is -0.394 e. The fraction of sp³-hybridized carbons (Fsp3) is 0.933. The first-order valence-electron chi connectivity index (χ1n) is 23.7. The second-order valence-corrected chi connectivity index (χ2v) is 17.9. The Hall–Kier alpha value is -1.20. The van der Waals surface area contributed by atoms with E-state index in [1.807, 2.05) is 6.08 Å². The largest absolute Gasteiger partial charge is 0.397 e. The number of rotatable bonds is 40. The fourth-order valence-corrected chi connectivity index (χ4v) is 8.15. The lowest BCUT2D eigenvalue weighted by Gasteiger charge is -2.41. The van der Waals surface area contributed by atoms with Crippen LogP contribution in [0.5, 0.6) is 0 Å². The van der Waals surface area contributed by atoms with Crippen LogP contribution in [0.3, 0.4) is 0 Å². The number of ether oxygens (including phenoxy) is 2. The van der Waals surface area contributed by atoms with E-state index in [-0.39, 0.29) is 6.42 Å². The van der Waals surface area contributed by atoms with Crippen LogP contribution in [0.25, 0.3) is 0 Å². The second kappa shape index (κ2) is 36.3. The SMILES string of the molecule is CCCCCCCCCCCCCCCCCCCC/C=C/C(O)C(COC1OC(CO)C(O)C(OS(=O)(=O)O)C1O)NC(=O)C(O)CCCCCCCCCCCC. The number of aliphatic hydroxyl groups is 5. The molecule has 1 amide bonds. The smallest absolute Gasteiger partial charge is 0.394 e. The molecule has 8 atom stereocenters. The van der Waals surface area contributed by atoms with Gasteiger partial charge in [0.05, 0.1) is 25.4 Å². The molecule has 1 aliphatic rings. The maximum atomic E-state index is 13.1. The predicted octanol–water partition coefficient (Wildman–Crippen LogP) is 8.14. The molecule has 1 heterocycles. The first-order valence-corrected chi connectivity index (χ1v) is 25.0. The van der Waals surface area contributed by atoms with E-state index >= 15 is 0 Å². The lowest BCUT2D eigenvalue weighted by atomic mass is 9.99. The maximum absolute atomic E-state index is 13.1. The average molecular weight is 866 g/mol. The summed E-state index contributed by atoms with van der Waals surface area (Å²) in [6.07, 6.45) is 27.3. The van der Waals surface area contributed by atoms with Gasteiger partial charge in [0.2, 0.25) is 5.91 Å². The number of nitrogens with one attached hydrogen (secondary N) is 1. The molecule has 0 radical (unpaired) electrons. The number of unbranched alkanes of at least 4 members (excludes halogenated alkanes) is 27. The van der Waals surface area contributed by atoms with Crippen molar-refractivity contribution in [3.05, 3.63) is 12.2 Å². The summed E-state index contributed by atoms with van der Waals surface area (Å²) in [6.45, 7) is 3.20. The Morgan fingerprint density at radius 2 is 1.10 bits per heavy atom. The number of hydrogen-bond acceptors (Lipinski definition) is 11. The summed E-state index contributed by atoms with van der Waals surface area (Å²) < 4.78 is 47.5. The number of aliphatic hydroxyl groups excluding tert-OH is 5. The molecule has 8 unspecified atom stereocenters. The van der Waals surface area contributed by atoms with Crippen LogP contribution >= 0.6 is 0 Å². The number of amides is 1. The Kier molecular flexibility index (Phi) is 34.3. The summed E-state index contributed by atoms with van der Waals surface area (Å²) in [6, 6.07) is -1.11. The highest BCUT2D eigenvalue weighted by atomic mass is 32.3. The molecule has 0 saturated carbocycles. The Bertz CT molecular complexity index is 1130. The lowest BCUT2D eigenvalue weighted by molar-refractivity contribution is -0.298. The van der Waals surface area contributed by atoms with Gasteiger partial charge in [-0.15, -0.1) is 0 Å². The Balaban J connectivity index is 2.54. The van der Waals surface area contributed by atoms with Gasteiger partial charge in [-0.3, -0.25) is 9.35 Å². The molecule has 0 bridgehead atoms. The zero-order valence-electron chi connectivity index (χ0n) is 36.9. The van der Waals surface area contributed by atoms with E-state index in [4.69, 9.17) is 9.47 Å². The standard InChI is InChI=1S/C45H87NO12S/c1-3-5-7-9-11-13-15-16-17-18-19-20-21-22-23-24-26-27-29-31-33-38(48)37(46-44(52)39(49)34-32-30-28-25-14-12-10-8-6-4-2)36-56-45-42(51)43(58-59(53,54)55)41(50)40(35-47)57-45/h31,33,37-43,45,47-51H,3-30,32,34-36H2,1-2H3,(H,46,52)(H,53,54,55)/b33-31+. The van der Waals surface area contributed by atoms with Crippen molar-refractivity contribution in [2.45, 2.75) is 255 Å². The summed E-state index contributed by atoms with van der Waals surface area (Å²) in [5.41, 5.74) is 0. The summed E-state index contributed by atoms with van der Waals surface area (Å²) in [5.74, 6) is -0.702. The quantitative estimate of drug-likeness (QED) is 0.0177. The minimum absolute atomic E-state index is 0.246. The first-order chi connectivity index (χ1) is 28.4. The Labute approximate surface area is 358 Å². The van der Waals surface area contributed by atoms with Gasteiger partial charge in [0.25, 0.3) is 0 Å². The van der Waals surface area contributed by atoms with Gasteiger partial charge in [0.15, 0.2) is 6.29 Å². The van der Waals surface area contributed by atoms with E-state index in [0.717, 1.165) is 38.5 Å². The predicted molar refractivity (Wildman–Crippen MR) is 233 cm³/mol. The molecule has 0 aromatic rings.